The number of hydrogen-bond donors (Lipinski definition) is 2. The fraction of sp³-hybridized carbons (Fsp3) is 0. The van der Waals surface area contributed by atoms with E-state index in [-0.39, 0.29) is 5.96 Å². The van der Waals surface area contributed by atoms with Gasteiger partial charge in [0, 0.05) is 0 Å². The molecule has 7 nitrogen and oxygen atoms in total. The lowest BCUT2D eigenvalue weighted by Gasteiger charge is -1.93. The summed E-state index contributed by atoms with van der Waals surface area (Å²) in [5.74, 6) is -0.0436. The monoisotopic (exact) mass is 177 g/mol. The highest BCUT2D eigenvalue weighted by molar-refractivity contribution is 5.77. The van der Waals surface area contributed by atoms with Crippen LogP contribution in [0.15, 0.2) is 24.0 Å². The summed E-state index contributed by atoms with van der Waals surface area (Å²) < 4.78 is 1.40. The summed E-state index contributed by atoms with van der Waals surface area (Å²) in [6, 6.07) is 0. The lowest BCUT2D eigenvalue weighted by Crippen LogP contribution is -2.23. The molecule has 0 spiro atoms. The zero-order chi connectivity index (χ0) is 9.26. The maximum absolute atomic E-state index is 5.21. The molecule has 0 amide bonds. The van der Waals surface area contributed by atoms with E-state index in [0.29, 0.717) is 11.2 Å². The molecule has 0 atom stereocenters. The van der Waals surface area contributed by atoms with Gasteiger partial charge in [0.25, 0.3) is 0 Å². The number of hydrogen-bond acceptors (Lipinski definition) is 4. The molecule has 0 aromatic carbocycles. The van der Waals surface area contributed by atoms with Crippen molar-refractivity contribution in [3.8, 4) is 0 Å². The maximum atomic E-state index is 5.21. The van der Waals surface area contributed by atoms with Crippen molar-refractivity contribution in [1.82, 2.24) is 19.6 Å². The topological polar surface area (TPSA) is 108 Å². The fourth-order valence-electron chi connectivity index (χ4n) is 0.953. The molecule has 2 aromatic rings. The van der Waals surface area contributed by atoms with Crippen molar-refractivity contribution in [2.75, 3.05) is 0 Å². The molecule has 2 rings (SSSR count). The van der Waals surface area contributed by atoms with Crippen LogP contribution in [0.1, 0.15) is 0 Å². The molecule has 0 fully saturated rings. The van der Waals surface area contributed by atoms with E-state index in [1.54, 1.807) is 6.20 Å². The number of nitrogens with zero attached hydrogens (tertiary/aromatic N) is 5. The molecule has 0 aliphatic heterocycles. The number of guanidine groups is 1. The molecule has 0 unspecified atom stereocenters. The first kappa shape index (κ1) is 7.47. The molecule has 0 saturated carbocycles. The molecule has 0 aliphatic carbocycles. The average Bonchev–Trinajstić information content (AvgIpc) is 2.48. The second-order valence-electron chi connectivity index (χ2n) is 2.35. The SMILES string of the molecule is NC(N)=Nn1cnc2cncnc21. The van der Waals surface area contributed by atoms with Crippen molar-refractivity contribution < 1.29 is 0 Å². The van der Waals surface area contributed by atoms with Gasteiger partial charge in [-0.05, 0) is 0 Å². The molecular formula is C6H7N7. The van der Waals surface area contributed by atoms with Crippen LogP contribution >= 0.6 is 0 Å². The Labute approximate surface area is 73.1 Å². The third-order valence-corrected chi connectivity index (χ3v) is 1.42. The van der Waals surface area contributed by atoms with Crippen LogP contribution < -0.4 is 11.5 Å². The van der Waals surface area contributed by atoms with Crippen molar-refractivity contribution in [2.24, 2.45) is 16.6 Å². The lowest BCUT2D eigenvalue weighted by molar-refractivity contribution is 0.884. The molecule has 4 N–H and O–H groups in total. The van der Waals surface area contributed by atoms with Crippen molar-refractivity contribution in [1.29, 1.82) is 0 Å². The summed E-state index contributed by atoms with van der Waals surface area (Å²) >= 11 is 0. The molecule has 0 radical (unpaired) electrons. The van der Waals surface area contributed by atoms with Crippen LogP contribution in [0.4, 0.5) is 0 Å². The first-order chi connectivity index (χ1) is 6.27. The first-order valence-corrected chi connectivity index (χ1v) is 3.50. The first-order valence-electron chi connectivity index (χ1n) is 3.50. The van der Waals surface area contributed by atoms with Crippen molar-refractivity contribution in [3.63, 3.8) is 0 Å². The second kappa shape index (κ2) is 2.70. The van der Waals surface area contributed by atoms with E-state index in [4.69, 9.17) is 11.5 Å². The largest absolute Gasteiger partial charge is 0.369 e. The lowest BCUT2D eigenvalue weighted by atomic mass is 10.6. The van der Waals surface area contributed by atoms with Crippen molar-refractivity contribution in [3.05, 3.63) is 18.9 Å². The Balaban J connectivity index is 2.65. The fourth-order valence-corrected chi connectivity index (χ4v) is 0.953. The van der Waals surface area contributed by atoms with Crippen LogP contribution in [0.3, 0.4) is 0 Å². The summed E-state index contributed by atoms with van der Waals surface area (Å²) in [4.78, 5) is 11.8. The van der Waals surface area contributed by atoms with Crippen molar-refractivity contribution >= 4 is 17.1 Å². The van der Waals surface area contributed by atoms with Gasteiger partial charge in [-0.25, -0.2) is 15.0 Å². The molecule has 0 aliphatic rings. The predicted octanol–water partition coefficient (Wildman–Crippen LogP) is -1.14. The van der Waals surface area contributed by atoms with Gasteiger partial charge in [-0.1, -0.05) is 0 Å². The minimum absolute atomic E-state index is 0.0436. The van der Waals surface area contributed by atoms with E-state index in [1.165, 1.54) is 17.3 Å². The van der Waals surface area contributed by atoms with E-state index in [1.807, 2.05) is 0 Å². The van der Waals surface area contributed by atoms with Crippen LogP contribution in [0.5, 0.6) is 0 Å². The normalized spacial score (nSPS) is 10.2. The van der Waals surface area contributed by atoms with E-state index < -0.39 is 0 Å². The minimum Gasteiger partial charge on any atom is -0.369 e. The molecule has 2 heterocycles. The third kappa shape index (κ3) is 1.26. The van der Waals surface area contributed by atoms with Gasteiger partial charge in [0.1, 0.15) is 18.2 Å². The van der Waals surface area contributed by atoms with Crippen molar-refractivity contribution in [2.45, 2.75) is 0 Å². The smallest absolute Gasteiger partial charge is 0.209 e. The predicted molar refractivity (Wildman–Crippen MR) is 46.5 cm³/mol. The Bertz CT molecular complexity index is 453. The summed E-state index contributed by atoms with van der Waals surface area (Å²) in [7, 11) is 0. The highest BCUT2D eigenvalue weighted by Crippen LogP contribution is 2.05. The Hall–Kier alpha value is -2.18. The second-order valence-corrected chi connectivity index (χ2v) is 2.35. The minimum atomic E-state index is -0.0436. The number of imidazole rings is 1. The number of rotatable bonds is 1. The number of fused-ring (bicyclic) bond motifs is 1. The Morgan fingerprint density at radius 2 is 2.23 bits per heavy atom. The van der Waals surface area contributed by atoms with Crippen LogP contribution in [0.25, 0.3) is 11.2 Å². The third-order valence-electron chi connectivity index (χ3n) is 1.42. The molecule has 66 valence electrons. The number of aromatic nitrogens is 4. The molecule has 0 bridgehead atoms. The summed E-state index contributed by atoms with van der Waals surface area (Å²) in [6.45, 7) is 0. The van der Waals surface area contributed by atoms with Gasteiger partial charge < -0.3 is 11.5 Å². The van der Waals surface area contributed by atoms with Gasteiger partial charge in [-0.3, -0.25) is 0 Å². The van der Waals surface area contributed by atoms with Gasteiger partial charge in [-0.15, -0.1) is 5.10 Å². The van der Waals surface area contributed by atoms with Crippen LogP contribution in [-0.2, 0) is 0 Å². The van der Waals surface area contributed by atoms with E-state index in [2.05, 4.69) is 20.1 Å². The number of nitrogens with two attached hydrogens (primary N) is 2. The Kier molecular flexibility index (Phi) is 1.55. The van der Waals surface area contributed by atoms with Crippen LogP contribution in [0, 0.1) is 0 Å². The van der Waals surface area contributed by atoms with E-state index in [0.717, 1.165) is 0 Å². The van der Waals surface area contributed by atoms with Gasteiger partial charge in [0.15, 0.2) is 5.65 Å². The summed E-state index contributed by atoms with van der Waals surface area (Å²) in [6.07, 6.45) is 4.46. The average molecular weight is 177 g/mol. The molecule has 0 saturated heterocycles. The molecular weight excluding hydrogens is 170 g/mol. The van der Waals surface area contributed by atoms with Gasteiger partial charge in [-0.2, -0.15) is 4.68 Å². The molecule has 7 heteroatoms. The standard InChI is InChI=1S/C6H7N7/c7-6(8)12-13-3-11-4-1-9-2-10-5(4)13/h1-3H,(H4,7,8,12). The highest BCUT2D eigenvalue weighted by atomic mass is 15.4. The molecule has 2 aromatic heterocycles. The van der Waals surface area contributed by atoms with Gasteiger partial charge in [0.05, 0.1) is 6.20 Å². The Morgan fingerprint density at radius 1 is 1.38 bits per heavy atom. The van der Waals surface area contributed by atoms with Gasteiger partial charge >= 0.3 is 0 Å². The quantitative estimate of drug-likeness (QED) is 0.423. The summed E-state index contributed by atoms with van der Waals surface area (Å²) in [5, 5.41) is 3.78. The van der Waals surface area contributed by atoms with E-state index >= 15 is 0 Å². The van der Waals surface area contributed by atoms with Crippen LogP contribution in [0.2, 0.25) is 0 Å². The molecule has 13 heavy (non-hydrogen) atoms. The van der Waals surface area contributed by atoms with Gasteiger partial charge in [0.2, 0.25) is 5.96 Å². The van der Waals surface area contributed by atoms with E-state index in [9.17, 15) is 0 Å². The highest BCUT2D eigenvalue weighted by Gasteiger charge is 2.01. The Morgan fingerprint density at radius 3 is 3.00 bits per heavy atom. The zero-order valence-corrected chi connectivity index (χ0v) is 6.62. The zero-order valence-electron chi connectivity index (χ0n) is 6.62. The summed E-state index contributed by atoms with van der Waals surface area (Å²) in [5.41, 5.74) is 11.6. The van der Waals surface area contributed by atoms with Crippen LogP contribution in [-0.4, -0.2) is 25.6 Å². The maximum Gasteiger partial charge on any atom is 0.209 e.